The Hall–Kier alpha value is -0.380. The van der Waals surface area contributed by atoms with Crippen LogP contribution in [0.4, 0.5) is 0 Å². The van der Waals surface area contributed by atoms with E-state index in [4.69, 9.17) is 0 Å². The maximum absolute atomic E-state index is 4.44. The molecule has 0 saturated carbocycles. The molecule has 158 valence electrons. The van der Waals surface area contributed by atoms with Crippen molar-refractivity contribution < 1.29 is 0 Å². The summed E-state index contributed by atoms with van der Waals surface area (Å²) in [7, 11) is 1.88. The maximum atomic E-state index is 4.44. The van der Waals surface area contributed by atoms with E-state index in [-0.39, 0.29) is 24.0 Å². The summed E-state index contributed by atoms with van der Waals surface area (Å²) in [6, 6.07) is 9.20. The average molecular weight is 564 g/mol. The maximum Gasteiger partial charge on any atom is 0.191 e. The molecule has 1 unspecified atom stereocenters. The van der Waals surface area contributed by atoms with Crippen LogP contribution >= 0.6 is 39.9 Å². The molecule has 28 heavy (non-hydrogen) atoms. The fourth-order valence-electron chi connectivity index (χ4n) is 4.08. The third-order valence-corrected chi connectivity index (χ3v) is 6.38. The minimum Gasteiger partial charge on any atom is -0.356 e. The van der Waals surface area contributed by atoms with E-state index in [0.29, 0.717) is 6.04 Å². The van der Waals surface area contributed by atoms with Crippen molar-refractivity contribution in [2.45, 2.75) is 38.8 Å². The zero-order valence-corrected chi connectivity index (χ0v) is 21.1. The molecular weight excluding hydrogens is 529 g/mol. The number of aliphatic imine (C=N–C) groups is 1. The molecule has 5 nitrogen and oxygen atoms in total. The molecule has 0 aromatic heterocycles. The van der Waals surface area contributed by atoms with Gasteiger partial charge in [0, 0.05) is 50.3 Å². The molecule has 0 aliphatic carbocycles. The predicted molar refractivity (Wildman–Crippen MR) is 133 cm³/mol. The van der Waals surface area contributed by atoms with Crippen LogP contribution in [-0.4, -0.2) is 68.1 Å². The molecule has 2 saturated heterocycles. The number of halogens is 2. The monoisotopic (exact) mass is 563 g/mol. The number of hydrogen-bond acceptors (Lipinski definition) is 3. The Kier molecular flexibility index (Phi) is 10.5. The Bertz CT molecular complexity index is 601. The van der Waals surface area contributed by atoms with E-state index in [9.17, 15) is 0 Å². The molecule has 1 atom stereocenters. The van der Waals surface area contributed by atoms with Crippen LogP contribution < -0.4 is 10.6 Å². The van der Waals surface area contributed by atoms with Gasteiger partial charge in [0.05, 0.1) is 0 Å². The minimum atomic E-state index is 0. The Morgan fingerprint density at radius 2 is 1.79 bits per heavy atom. The zero-order chi connectivity index (χ0) is 19.1. The normalized spacial score (nSPS) is 22.1. The second-order valence-corrected chi connectivity index (χ2v) is 8.74. The number of nitrogens with zero attached hydrogens (tertiary/aromatic N) is 3. The number of benzene rings is 1. The lowest BCUT2D eigenvalue weighted by Crippen LogP contribution is -2.49. The molecule has 0 amide bonds. The van der Waals surface area contributed by atoms with Gasteiger partial charge in [0.25, 0.3) is 0 Å². The summed E-state index contributed by atoms with van der Waals surface area (Å²) in [4.78, 5) is 9.52. The second kappa shape index (κ2) is 12.3. The number of rotatable bonds is 6. The molecule has 0 spiro atoms. The van der Waals surface area contributed by atoms with Crippen LogP contribution in [-0.2, 0) is 6.54 Å². The molecule has 0 radical (unpaired) electrons. The molecule has 2 N–H and O–H groups in total. The number of likely N-dealkylation sites (tertiary alicyclic amines) is 2. The zero-order valence-electron chi connectivity index (χ0n) is 17.2. The summed E-state index contributed by atoms with van der Waals surface area (Å²) in [5, 5.41) is 7.19. The van der Waals surface area contributed by atoms with Crippen molar-refractivity contribution in [2.24, 2.45) is 10.9 Å². The van der Waals surface area contributed by atoms with E-state index in [0.717, 1.165) is 42.5 Å². The fraction of sp³-hybridized carbons (Fsp3) is 0.667. The summed E-state index contributed by atoms with van der Waals surface area (Å²) < 4.78 is 1.15. The van der Waals surface area contributed by atoms with Crippen LogP contribution in [0, 0.1) is 5.92 Å². The van der Waals surface area contributed by atoms with E-state index in [1.807, 2.05) is 7.05 Å². The minimum absolute atomic E-state index is 0. The highest BCUT2D eigenvalue weighted by molar-refractivity contribution is 14.0. The topological polar surface area (TPSA) is 42.9 Å². The Morgan fingerprint density at radius 3 is 2.39 bits per heavy atom. The number of piperidine rings is 1. The molecule has 2 fully saturated rings. The van der Waals surface area contributed by atoms with Gasteiger partial charge in [-0.2, -0.15) is 0 Å². The lowest BCUT2D eigenvalue weighted by molar-refractivity contribution is 0.198. The molecular formula is C21H35BrIN5. The van der Waals surface area contributed by atoms with Crippen LogP contribution in [0.2, 0.25) is 0 Å². The quantitative estimate of drug-likeness (QED) is 0.316. The van der Waals surface area contributed by atoms with E-state index in [1.54, 1.807) is 0 Å². The van der Waals surface area contributed by atoms with E-state index < -0.39 is 0 Å². The van der Waals surface area contributed by atoms with Crippen molar-refractivity contribution in [1.82, 2.24) is 20.4 Å². The van der Waals surface area contributed by atoms with Gasteiger partial charge < -0.3 is 15.5 Å². The molecule has 2 aliphatic rings. The molecule has 2 heterocycles. The van der Waals surface area contributed by atoms with E-state index in [1.165, 1.54) is 44.5 Å². The number of guanidine groups is 1. The van der Waals surface area contributed by atoms with Gasteiger partial charge in [0.1, 0.15) is 0 Å². The van der Waals surface area contributed by atoms with Crippen LogP contribution in [0.25, 0.3) is 0 Å². The largest absolute Gasteiger partial charge is 0.356 e. The van der Waals surface area contributed by atoms with Gasteiger partial charge >= 0.3 is 0 Å². The van der Waals surface area contributed by atoms with Crippen molar-refractivity contribution in [3.63, 3.8) is 0 Å². The van der Waals surface area contributed by atoms with Crippen molar-refractivity contribution in [2.75, 3.05) is 46.3 Å². The first-order valence-electron chi connectivity index (χ1n) is 10.3. The molecule has 2 aliphatic heterocycles. The molecule has 7 heteroatoms. The Balaban J connectivity index is 0.00000280. The highest BCUT2D eigenvalue weighted by atomic mass is 127. The van der Waals surface area contributed by atoms with Crippen molar-refractivity contribution >= 4 is 45.9 Å². The highest BCUT2D eigenvalue weighted by Crippen LogP contribution is 2.17. The van der Waals surface area contributed by atoms with Gasteiger partial charge in [0.2, 0.25) is 0 Å². The van der Waals surface area contributed by atoms with Gasteiger partial charge in [-0.15, -0.1) is 24.0 Å². The number of nitrogens with one attached hydrogen (secondary N) is 2. The lowest BCUT2D eigenvalue weighted by Gasteiger charge is -2.33. The van der Waals surface area contributed by atoms with Gasteiger partial charge in [0.15, 0.2) is 5.96 Å². The van der Waals surface area contributed by atoms with Gasteiger partial charge in [-0.25, -0.2) is 0 Å². The van der Waals surface area contributed by atoms with Crippen LogP contribution in [0.1, 0.15) is 31.7 Å². The Morgan fingerprint density at radius 1 is 1.11 bits per heavy atom. The van der Waals surface area contributed by atoms with Crippen molar-refractivity contribution in [3.05, 3.63) is 34.3 Å². The third kappa shape index (κ3) is 7.46. The Labute approximate surface area is 195 Å². The summed E-state index contributed by atoms with van der Waals surface area (Å²) in [5.74, 6) is 1.72. The van der Waals surface area contributed by atoms with Crippen molar-refractivity contribution in [1.29, 1.82) is 0 Å². The summed E-state index contributed by atoms with van der Waals surface area (Å²) in [6.45, 7) is 10.2. The highest BCUT2D eigenvalue weighted by Gasteiger charge is 2.23. The predicted octanol–water partition coefficient (Wildman–Crippen LogP) is 3.54. The van der Waals surface area contributed by atoms with E-state index >= 15 is 0 Å². The third-order valence-electron chi connectivity index (χ3n) is 5.85. The lowest BCUT2D eigenvalue weighted by atomic mass is 10.0. The SMILES string of the molecule is CCN1CCC(CNC(=NC)NC2CCN(Cc3ccc(Br)cc3)CC2)C1.I. The van der Waals surface area contributed by atoms with Crippen LogP contribution in [0.15, 0.2) is 33.7 Å². The van der Waals surface area contributed by atoms with Crippen molar-refractivity contribution in [3.8, 4) is 0 Å². The van der Waals surface area contributed by atoms with Gasteiger partial charge in [-0.1, -0.05) is 35.0 Å². The smallest absolute Gasteiger partial charge is 0.191 e. The summed E-state index contributed by atoms with van der Waals surface area (Å²) >= 11 is 3.51. The van der Waals surface area contributed by atoms with E-state index in [2.05, 4.69) is 72.5 Å². The first-order chi connectivity index (χ1) is 13.2. The second-order valence-electron chi connectivity index (χ2n) is 7.82. The average Bonchev–Trinajstić information content (AvgIpc) is 3.16. The summed E-state index contributed by atoms with van der Waals surface area (Å²) in [5.41, 5.74) is 1.39. The molecule has 1 aromatic carbocycles. The van der Waals surface area contributed by atoms with Crippen LogP contribution in [0.5, 0.6) is 0 Å². The molecule has 1 aromatic rings. The van der Waals surface area contributed by atoms with Crippen LogP contribution in [0.3, 0.4) is 0 Å². The standard InChI is InChI=1S/C21H34BrN5.HI/c1-3-26-11-8-18(16-26)14-24-21(23-2)25-20-9-12-27(13-10-20)15-17-4-6-19(22)7-5-17;/h4-7,18,20H,3,8-16H2,1-2H3,(H2,23,24,25);1H. The first-order valence-corrected chi connectivity index (χ1v) is 11.1. The van der Waals surface area contributed by atoms with Gasteiger partial charge in [-0.3, -0.25) is 9.89 Å². The first kappa shape index (κ1) is 23.9. The number of hydrogen-bond donors (Lipinski definition) is 2. The fourth-order valence-corrected chi connectivity index (χ4v) is 4.34. The van der Waals surface area contributed by atoms with Gasteiger partial charge in [-0.05, 0) is 56.0 Å². The molecule has 0 bridgehead atoms. The summed E-state index contributed by atoms with van der Waals surface area (Å²) in [6.07, 6.45) is 3.64. The molecule has 3 rings (SSSR count).